The molecule has 0 saturated carbocycles. The van der Waals surface area contributed by atoms with Gasteiger partial charge < -0.3 is 4.74 Å². The van der Waals surface area contributed by atoms with Crippen molar-refractivity contribution in [3.8, 4) is 5.75 Å². The highest BCUT2D eigenvalue weighted by atomic mass is 35.5. The van der Waals surface area contributed by atoms with Gasteiger partial charge in [0.1, 0.15) is 5.75 Å². The average Bonchev–Trinajstić information content (AvgIpc) is 2.67. The SMILES string of the molecule is Clc1ccc(OCCC2CCCCN2C/C=C/c2ccccc2)cc1Cl. The van der Waals surface area contributed by atoms with Crippen LogP contribution in [-0.4, -0.2) is 30.6 Å². The number of likely N-dealkylation sites (tertiary alicyclic amines) is 1. The van der Waals surface area contributed by atoms with E-state index in [1.165, 1.54) is 24.8 Å². The molecule has 138 valence electrons. The van der Waals surface area contributed by atoms with Crippen LogP contribution >= 0.6 is 23.2 Å². The topological polar surface area (TPSA) is 12.5 Å². The summed E-state index contributed by atoms with van der Waals surface area (Å²) in [4.78, 5) is 2.57. The Morgan fingerprint density at radius 2 is 1.88 bits per heavy atom. The molecule has 1 atom stereocenters. The van der Waals surface area contributed by atoms with Gasteiger partial charge in [-0.2, -0.15) is 0 Å². The number of hydrogen-bond donors (Lipinski definition) is 0. The number of rotatable bonds is 7. The van der Waals surface area contributed by atoms with Crippen LogP contribution in [0.2, 0.25) is 10.0 Å². The molecule has 4 heteroatoms. The van der Waals surface area contributed by atoms with Crippen LogP contribution in [0.25, 0.3) is 6.08 Å². The number of ether oxygens (including phenoxy) is 1. The van der Waals surface area contributed by atoms with Gasteiger partial charge in [0.25, 0.3) is 0 Å². The van der Waals surface area contributed by atoms with E-state index < -0.39 is 0 Å². The maximum absolute atomic E-state index is 6.04. The fraction of sp³-hybridized carbons (Fsp3) is 0.364. The molecule has 26 heavy (non-hydrogen) atoms. The Hall–Kier alpha value is -1.48. The van der Waals surface area contributed by atoms with Crippen LogP contribution in [-0.2, 0) is 0 Å². The lowest BCUT2D eigenvalue weighted by Crippen LogP contribution is -2.40. The van der Waals surface area contributed by atoms with Gasteiger partial charge in [0.2, 0.25) is 0 Å². The third-order valence-electron chi connectivity index (χ3n) is 4.81. The summed E-state index contributed by atoms with van der Waals surface area (Å²) in [7, 11) is 0. The van der Waals surface area contributed by atoms with Crippen LogP contribution in [0, 0.1) is 0 Å². The van der Waals surface area contributed by atoms with E-state index in [1.54, 1.807) is 12.1 Å². The molecule has 2 aromatic carbocycles. The predicted molar refractivity (Wildman–Crippen MR) is 111 cm³/mol. The first kappa shape index (κ1) is 19.3. The summed E-state index contributed by atoms with van der Waals surface area (Å²) in [6.07, 6.45) is 9.33. The zero-order chi connectivity index (χ0) is 18.2. The second-order valence-corrected chi connectivity index (χ2v) is 7.49. The highest BCUT2D eigenvalue weighted by Crippen LogP contribution is 2.27. The molecule has 0 aliphatic carbocycles. The second-order valence-electron chi connectivity index (χ2n) is 6.67. The van der Waals surface area contributed by atoms with Crippen molar-refractivity contribution in [1.29, 1.82) is 0 Å². The van der Waals surface area contributed by atoms with Gasteiger partial charge in [-0.25, -0.2) is 0 Å². The highest BCUT2D eigenvalue weighted by molar-refractivity contribution is 6.42. The lowest BCUT2D eigenvalue weighted by Gasteiger charge is -2.35. The lowest BCUT2D eigenvalue weighted by molar-refractivity contribution is 0.137. The van der Waals surface area contributed by atoms with Crippen molar-refractivity contribution in [1.82, 2.24) is 4.90 Å². The Morgan fingerprint density at radius 1 is 1.04 bits per heavy atom. The molecule has 0 radical (unpaired) electrons. The molecule has 0 aromatic heterocycles. The third-order valence-corrected chi connectivity index (χ3v) is 5.55. The van der Waals surface area contributed by atoms with Gasteiger partial charge in [0.15, 0.2) is 0 Å². The second kappa shape index (κ2) is 10.0. The predicted octanol–water partition coefficient (Wildman–Crippen LogP) is 6.33. The maximum Gasteiger partial charge on any atom is 0.120 e. The van der Waals surface area contributed by atoms with E-state index in [0.29, 0.717) is 22.7 Å². The summed E-state index contributed by atoms with van der Waals surface area (Å²) in [5, 5.41) is 1.09. The standard InChI is InChI=1S/C22H25Cl2NO/c23-21-12-11-20(17-22(21)24)26-16-13-19-10-4-5-14-25(19)15-6-9-18-7-2-1-3-8-18/h1-3,6-9,11-12,17,19H,4-5,10,13-16H2/b9-6+. The summed E-state index contributed by atoms with van der Waals surface area (Å²) in [5.74, 6) is 0.783. The fourth-order valence-electron chi connectivity index (χ4n) is 3.40. The molecule has 0 bridgehead atoms. The Bertz CT molecular complexity index is 717. The monoisotopic (exact) mass is 389 g/mol. The molecule has 0 spiro atoms. The van der Waals surface area contributed by atoms with Crippen LogP contribution in [0.3, 0.4) is 0 Å². The molecular formula is C22H25Cl2NO. The van der Waals surface area contributed by atoms with E-state index >= 15 is 0 Å². The molecule has 1 saturated heterocycles. The Morgan fingerprint density at radius 3 is 2.69 bits per heavy atom. The quantitative estimate of drug-likeness (QED) is 0.548. The minimum absolute atomic E-state index is 0.537. The average molecular weight is 390 g/mol. The van der Waals surface area contributed by atoms with E-state index in [4.69, 9.17) is 27.9 Å². The molecule has 1 unspecified atom stereocenters. The first-order valence-electron chi connectivity index (χ1n) is 9.26. The molecule has 1 fully saturated rings. The number of hydrogen-bond acceptors (Lipinski definition) is 2. The van der Waals surface area contributed by atoms with Crippen LogP contribution in [0.1, 0.15) is 31.2 Å². The number of nitrogens with zero attached hydrogens (tertiary/aromatic N) is 1. The molecular weight excluding hydrogens is 365 g/mol. The van der Waals surface area contributed by atoms with Gasteiger partial charge in [0, 0.05) is 18.7 Å². The van der Waals surface area contributed by atoms with Gasteiger partial charge >= 0.3 is 0 Å². The minimum atomic E-state index is 0.537. The van der Waals surface area contributed by atoms with Crippen molar-refractivity contribution in [2.75, 3.05) is 19.7 Å². The van der Waals surface area contributed by atoms with Gasteiger partial charge in [-0.3, -0.25) is 4.90 Å². The van der Waals surface area contributed by atoms with E-state index in [2.05, 4.69) is 41.3 Å². The van der Waals surface area contributed by atoms with Crippen molar-refractivity contribution < 1.29 is 4.74 Å². The van der Waals surface area contributed by atoms with E-state index in [9.17, 15) is 0 Å². The van der Waals surface area contributed by atoms with Crippen molar-refractivity contribution >= 4 is 29.3 Å². The normalized spacial score (nSPS) is 18.3. The smallest absolute Gasteiger partial charge is 0.120 e. The van der Waals surface area contributed by atoms with Gasteiger partial charge in [-0.05, 0) is 43.5 Å². The summed E-state index contributed by atoms with van der Waals surface area (Å²) >= 11 is 12.0. The summed E-state index contributed by atoms with van der Waals surface area (Å²) in [6, 6.07) is 16.5. The zero-order valence-electron chi connectivity index (χ0n) is 14.9. The molecule has 3 rings (SSSR count). The van der Waals surface area contributed by atoms with Gasteiger partial charge in [-0.15, -0.1) is 0 Å². The van der Waals surface area contributed by atoms with Crippen molar-refractivity contribution in [3.05, 3.63) is 70.2 Å². The van der Waals surface area contributed by atoms with Crippen molar-refractivity contribution in [3.63, 3.8) is 0 Å². The number of piperidine rings is 1. The minimum Gasteiger partial charge on any atom is -0.493 e. The van der Waals surface area contributed by atoms with Gasteiger partial charge in [0.05, 0.1) is 16.7 Å². The van der Waals surface area contributed by atoms with E-state index in [0.717, 1.165) is 25.3 Å². The highest BCUT2D eigenvalue weighted by Gasteiger charge is 2.21. The fourth-order valence-corrected chi connectivity index (χ4v) is 3.68. The summed E-state index contributed by atoms with van der Waals surface area (Å²) in [5.41, 5.74) is 1.25. The molecule has 1 heterocycles. The molecule has 1 aliphatic rings. The molecule has 0 N–H and O–H groups in total. The van der Waals surface area contributed by atoms with Crippen molar-refractivity contribution in [2.45, 2.75) is 31.7 Å². The van der Waals surface area contributed by atoms with Gasteiger partial charge in [-0.1, -0.05) is 72.1 Å². The van der Waals surface area contributed by atoms with E-state index in [1.807, 2.05) is 12.1 Å². The summed E-state index contributed by atoms with van der Waals surface area (Å²) < 4.78 is 5.88. The van der Waals surface area contributed by atoms with Crippen LogP contribution in [0.15, 0.2) is 54.6 Å². The first-order valence-corrected chi connectivity index (χ1v) is 10.0. The lowest BCUT2D eigenvalue weighted by atomic mass is 9.99. The molecule has 0 amide bonds. The Balaban J connectivity index is 1.48. The maximum atomic E-state index is 6.04. The summed E-state index contributed by atoms with van der Waals surface area (Å²) in [6.45, 7) is 2.85. The van der Waals surface area contributed by atoms with E-state index in [-0.39, 0.29) is 0 Å². The van der Waals surface area contributed by atoms with Crippen LogP contribution in [0.5, 0.6) is 5.75 Å². The molecule has 1 aliphatic heterocycles. The van der Waals surface area contributed by atoms with Crippen LogP contribution < -0.4 is 4.74 Å². The van der Waals surface area contributed by atoms with Crippen LogP contribution in [0.4, 0.5) is 0 Å². The molecule has 2 aromatic rings. The number of benzene rings is 2. The molecule has 2 nitrogen and oxygen atoms in total. The first-order chi connectivity index (χ1) is 12.7. The largest absolute Gasteiger partial charge is 0.493 e. The Kier molecular flexibility index (Phi) is 7.43. The Labute approximate surface area is 166 Å². The number of halogens is 2. The van der Waals surface area contributed by atoms with Crippen molar-refractivity contribution in [2.24, 2.45) is 0 Å². The zero-order valence-corrected chi connectivity index (χ0v) is 16.4. The third kappa shape index (κ3) is 5.77.